The minimum absolute atomic E-state index is 0.0303. The van der Waals surface area contributed by atoms with Crippen molar-refractivity contribution in [3.05, 3.63) is 68.7 Å². The molecule has 0 spiro atoms. The highest BCUT2D eigenvalue weighted by atomic mass is 79.9. The van der Waals surface area contributed by atoms with Gasteiger partial charge in [-0.3, -0.25) is 4.79 Å². The second-order valence-corrected chi connectivity index (χ2v) is 6.26. The summed E-state index contributed by atoms with van der Waals surface area (Å²) in [6, 6.07) is 13.6. The third-order valence-electron chi connectivity index (χ3n) is 3.53. The first-order chi connectivity index (χ1) is 9.63. The molecule has 20 heavy (non-hydrogen) atoms. The van der Waals surface area contributed by atoms with Gasteiger partial charge in [0.05, 0.1) is 0 Å². The number of hydrogen-bond donors (Lipinski definition) is 0. The molecule has 0 fully saturated rings. The van der Waals surface area contributed by atoms with Crippen LogP contribution in [0.5, 0.6) is 0 Å². The normalized spacial score (nSPS) is 14.0. The molecular weight excluding hydrogens is 338 g/mol. The molecule has 0 atom stereocenters. The zero-order valence-corrected chi connectivity index (χ0v) is 13.1. The fraction of sp³-hybridized carbons (Fsp3) is 0.188. The molecule has 0 N–H and O–H groups in total. The SMILES string of the molecule is O=C(c1cc(Cl)cc(Br)c1)N1CCc2ccccc2C1. The standard InChI is InChI=1S/C16H13BrClNO/c17-14-7-13(8-15(18)9-14)16(20)19-6-5-11-3-1-2-4-12(11)10-19/h1-4,7-9H,5-6,10H2. The lowest BCUT2D eigenvalue weighted by Gasteiger charge is -2.29. The van der Waals surface area contributed by atoms with Crippen molar-refractivity contribution in [2.45, 2.75) is 13.0 Å². The number of halogens is 2. The molecule has 0 saturated carbocycles. The van der Waals surface area contributed by atoms with Gasteiger partial charge in [0.2, 0.25) is 0 Å². The Balaban J connectivity index is 1.86. The first kappa shape index (κ1) is 13.7. The third kappa shape index (κ3) is 2.74. The van der Waals surface area contributed by atoms with Crippen molar-refractivity contribution in [2.24, 2.45) is 0 Å². The number of carbonyl (C=O) groups excluding carboxylic acids is 1. The van der Waals surface area contributed by atoms with E-state index in [9.17, 15) is 4.79 Å². The number of benzene rings is 2. The molecule has 3 rings (SSSR count). The van der Waals surface area contributed by atoms with Gasteiger partial charge in [-0.2, -0.15) is 0 Å². The second-order valence-electron chi connectivity index (χ2n) is 4.90. The molecule has 1 aliphatic rings. The van der Waals surface area contributed by atoms with Crippen LogP contribution in [0.2, 0.25) is 5.02 Å². The van der Waals surface area contributed by atoms with E-state index in [0.717, 1.165) is 17.4 Å². The molecule has 1 amide bonds. The van der Waals surface area contributed by atoms with Gasteiger partial charge in [0.25, 0.3) is 5.91 Å². The number of carbonyl (C=O) groups is 1. The van der Waals surface area contributed by atoms with Gasteiger partial charge in [-0.1, -0.05) is 51.8 Å². The summed E-state index contributed by atoms with van der Waals surface area (Å²) >= 11 is 9.39. The molecule has 0 saturated heterocycles. The summed E-state index contributed by atoms with van der Waals surface area (Å²) in [4.78, 5) is 14.4. The fourth-order valence-electron chi connectivity index (χ4n) is 2.53. The molecule has 102 valence electrons. The summed E-state index contributed by atoms with van der Waals surface area (Å²) in [5.41, 5.74) is 3.20. The second kappa shape index (κ2) is 5.58. The summed E-state index contributed by atoms with van der Waals surface area (Å²) in [6.45, 7) is 1.42. The zero-order chi connectivity index (χ0) is 14.1. The quantitative estimate of drug-likeness (QED) is 0.751. The molecule has 1 heterocycles. The molecule has 1 aliphatic heterocycles. The van der Waals surface area contributed by atoms with E-state index in [-0.39, 0.29) is 5.91 Å². The predicted octanol–water partition coefficient (Wildman–Crippen LogP) is 4.30. The highest BCUT2D eigenvalue weighted by Crippen LogP contribution is 2.24. The molecule has 0 unspecified atom stereocenters. The van der Waals surface area contributed by atoms with E-state index in [1.165, 1.54) is 11.1 Å². The van der Waals surface area contributed by atoms with Gasteiger partial charge >= 0.3 is 0 Å². The summed E-state index contributed by atoms with van der Waals surface area (Å²) in [5, 5.41) is 0.570. The van der Waals surface area contributed by atoms with Crippen LogP contribution in [0.25, 0.3) is 0 Å². The Labute approximate surface area is 131 Å². The highest BCUT2D eigenvalue weighted by molar-refractivity contribution is 9.10. The van der Waals surface area contributed by atoms with Crippen molar-refractivity contribution >= 4 is 33.4 Å². The molecule has 0 radical (unpaired) electrons. The zero-order valence-electron chi connectivity index (χ0n) is 10.8. The maximum atomic E-state index is 12.6. The van der Waals surface area contributed by atoms with E-state index in [2.05, 4.69) is 28.1 Å². The number of amides is 1. The summed E-state index contributed by atoms with van der Waals surface area (Å²) < 4.78 is 0.825. The van der Waals surface area contributed by atoms with Gasteiger partial charge in [0.1, 0.15) is 0 Å². The fourth-order valence-corrected chi connectivity index (χ4v) is 3.39. The van der Waals surface area contributed by atoms with Crippen LogP contribution in [-0.2, 0) is 13.0 Å². The molecule has 2 nitrogen and oxygen atoms in total. The molecule has 0 aliphatic carbocycles. The summed E-state index contributed by atoms with van der Waals surface area (Å²) in [5.74, 6) is 0.0303. The van der Waals surface area contributed by atoms with Gasteiger partial charge in [0, 0.05) is 28.1 Å². The van der Waals surface area contributed by atoms with Gasteiger partial charge in [-0.05, 0) is 35.7 Å². The Morgan fingerprint density at radius 3 is 2.65 bits per heavy atom. The molecule has 2 aromatic carbocycles. The van der Waals surface area contributed by atoms with Crippen LogP contribution in [0.1, 0.15) is 21.5 Å². The molecule has 2 aromatic rings. The lowest BCUT2D eigenvalue weighted by atomic mass is 9.99. The number of fused-ring (bicyclic) bond motifs is 1. The highest BCUT2D eigenvalue weighted by Gasteiger charge is 2.21. The van der Waals surface area contributed by atoms with Crippen molar-refractivity contribution in [1.29, 1.82) is 0 Å². The van der Waals surface area contributed by atoms with Gasteiger partial charge in [-0.25, -0.2) is 0 Å². The Morgan fingerprint density at radius 1 is 1.15 bits per heavy atom. The average molecular weight is 351 g/mol. The van der Waals surface area contributed by atoms with Crippen LogP contribution in [0.4, 0.5) is 0 Å². The first-order valence-corrected chi connectivity index (χ1v) is 7.63. The van der Waals surface area contributed by atoms with Crippen molar-refractivity contribution in [3.63, 3.8) is 0 Å². The van der Waals surface area contributed by atoms with E-state index < -0.39 is 0 Å². The largest absolute Gasteiger partial charge is 0.334 e. The van der Waals surface area contributed by atoms with E-state index >= 15 is 0 Å². The molecule has 0 aromatic heterocycles. The van der Waals surface area contributed by atoms with Gasteiger partial charge < -0.3 is 4.90 Å². The maximum Gasteiger partial charge on any atom is 0.254 e. The summed E-state index contributed by atoms with van der Waals surface area (Å²) in [6.07, 6.45) is 0.906. The van der Waals surface area contributed by atoms with Crippen LogP contribution in [0.15, 0.2) is 46.9 Å². The van der Waals surface area contributed by atoms with E-state index in [1.807, 2.05) is 23.1 Å². The van der Waals surface area contributed by atoms with Crippen molar-refractivity contribution in [3.8, 4) is 0 Å². The monoisotopic (exact) mass is 349 g/mol. The predicted molar refractivity (Wildman–Crippen MR) is 84.0 cm³/mol. The minimum atomic E-state index is 0.0303. The Bertz CT molecular complexity index is 651. The van der Waals surface area contributed by atoms with Crippen LogP contribution < -0.4 is 0 Å². The van der Waals surface area contributed by atoms with Crippen LogP contribution >= 0.6 is 27.5 Å². The first-order valence-electron chi connectivity index (χ1n) is 6.45. The van der Waals surface area contributed by atoms with Crippen LogP contribution in [-0.4, -0.2) is 17.4 Å². The number of hydrogen-bond acceptors (Lipinski definition) is 1. The lowest BCUT2D eigenvalue weighted by Crippen LogP contribution is -2.35. The van der Waals surface area contributed by atoms with E-state index in [1.54, 1.807) is 12.1 Å². The number of nitrogens with zero attached hydrogens (tertiary/aromatic N) is 1. The van der Waals surface area contributed by atoms with Gasteiger partial charge in [-0.15, -0.1) is 0 Å². The van der Waals surface area contributed by atoms with Crippen molar-refractivity contribution in [2.75, 3.05) is 6.54 Å². The van der Waals surface area contributed by atoms with Crippen molar-refractivity contribution < 1.29 is 4.79 Å². The lowest BCUT2D eigenvalue weighted by molar-refractivity contribution is 0.0734. The average Bonchev–Trinajstić information content (AvgIpc) is 2.45. The smallest absolute Gasteiger partial charge is 0.254 e. The number of rotatable bonds is 1. The molecule has 4 heteroatoms. The Hall–Kier alpha value is -1.32. The maximum absolute atomic E-state index is 12.6. The molecular formula is C16H13BrClNO. The Kier molecular flexibility index (Phi) is 3.81. The van der Waals surface area contributed by atoms with E-state index in [4.69, 9.17) is 11.6 Å². The molecule has 0 bridgehead atoms. The topological polar surface area (TPSA) is 20.3 Å². The van der Waals surface area contributed by atoms with Gasteiger partial charge in [0.15, 0.2) is 0 Å². The van der Waals surface area contributed by atoms with E-state index in [0.29, 0.717) is 17.1 Å². The van der Waals surface area contributed by atoms with Crippen molar-refractivity contribution in [1.82, 2.24) is 4.90 Å². The summed E-state index contributed by atoms with van der Waals surface area (Å²) in [7, 11) is 0. The van der Waals surface area contributed by atoms with Crippen LogP contribution in [0.3, 0.4) is 0 Å². The third-order valence-corrected chi connectivity index (χ3v) is 4.20. The Morgan fingerprint density at radius 2 is 1.90 bits per heavy atom. The minimum Gasteiger partial charge on any atom is -0.334 e. The van der Waals surface area contributed by atoms with Crippen LogP contribution in [0, 0.1) is 0 Å².